The first kappa shape index (κ1) is 20.6. The van der Waals surface area contributed by atoms with E-state index in [9.17, 15) is 29.6 Å². The Labute approximate surface area is 160 Å². The van der Waals surface area contributed by atoms with Gasteiger partial charge in [-0.1, -0.05) is 13.8 Å². The second-order valence-electron chi connectivity index (χ2n) is 6.54. The number of rotatable bonds is 8. The summed E-state index contributed by atoms with van der Waals surface area (Å²) in [6, 6.07) is 5.06. The Bertz CT molecular complexity index is 816. The van der Waals surface area contributed by atoms with Crippen LogP contribution in [0.4, 0.5) is 5.69 Å². The maximum atomic E-state index is 13.1. The van der Waals surface area contributed by atoms with Gasteiger partial charge in [0.1, 0.15) is 5.37 Å². The number of carboxylic acid groups (broad SMARTS) is 1. The number of carbonyl (C=O) groups excluding carboxylic acids is 2. The van der Waals surface area contributed by atoms with E-state index < -0.39 is 34.4 Å². The number of hydrogen-bond acceptors (Lipinski definition) is 6. The Balaban J connectivity index is 2.50. The molecule has 0 radical (unpaired) electrons. The van der Waals surface area contributed by atoms with Gasteiger partial charge in [0.2, 0.25) is 0 Å². The molecule has 1 aromatic carbocycles. The van der Waals surface area contributed by atoms with E-state index in [2.05, 4.69) is 0 Å². The number of carboxylic acids is 1. The highest BCUT2D eigenvalue weighted by molar-refractivity contribution is 7.99. The van der Waals surface area contributed by atoms with E-state index in [-0.39, 0.29) is 28.3 Å². The van der Waals surface area contributed by atoms with Crippen LogP contribution in [0.2, 0.25) is 0 Å². The summed E-state index contributed by atoms with van der Waals surface area (Å²) >= 11 is 1.28. The number of ketones is 1. The summed E-state index contributed by atoms with van der Waals surface area (Å²) in [4.78, 5) is 48.8. The van der Waals surface area contributed by atoms with Gasteiger partial charge < -0.3 is 10.0 Å². The van der Waals surface area contributed by atoms with Crippen LogP contribution in [0.15, 0.2) is 35.4 Å². The van der Waals surface area contributed by atoms with E-state index in [0.29, 0.717) is 6.54 Å². The third-order valence-electron chi connectivity index (χ3n) is 4.07. The van der Waals surface area contributed by atoms with E-state index in [1.54, 1.807) is 6.26 Å². The normalized spacial score (nSPS) is 17.0. The molecule has 9 heteroatoms. The van der Waals surface area contributed by atoms with Gasteiger partial charge >= 0.3 is 5.97 Å². The van der Waals surface area contributed by atoms with Gasteiger partial charge in [-0.2, -0.15) is 0 Å². The van der Waals surface area contributed by atoms with Crippen LogP contribution in [0.3, 0.4) is 0 Å². The number of nitro groups is 1. The summed E-state index contributed by atoms with van der Waals surface area (Å²) in [7, 11) is 0. The number of amides is 1. The predicted octanol–water partition coefficient (Wildman–Crippen LogP) is 2.74. The van der Waals surface area contributed by atoms with Crippen LogP contribution in [0.1, 0.15) is 30.6 Å². The zero-order chi connectivity index (χ0) is 20.3. The highest BCUT2D eigenvalue weighted by atomic mass is 32.2. The Kier molecular flexibility index (Phi) is 6.37. The van der Waals surface area contributed by atoms with Gasteiger partial charge in [-0.15, -0.1) is 11.8 Å². The van der Waals surface area contributed by atoms with E-state index in [1.807, 2.05) is 13.8 Å². The SMILES string of the molecule is CSC1C(C(=O)c2ccc([N+](=O)[O-])cc2)=C(CC(=O)O)C(=O)N1CC(C)C. The zero-order valence-electron chi connectivity index (χ0n) is 15.2. The lowest BCUT2D eigenvalue weighted by Crippen LogP contribution is -2.37. The molecule has 2 rings (SSSR count). The molecular weight excluding hydrogens is 372 g/mol. The standard InChI is InChI=1S/C18H20N2O6S/c1-10(2)9-19-17(24)13(8-14(21)22)15(18(19)27-3)16(23)11-4-6-12(7-5-11)20(25)26/h4-7,10,18H,8-9H2,1-3H3,(H,21,22). The molecule has 0 saturated heterocycles. The van der Waals surface area contributed by atoms with Gasteiger partial charge in [-0.05, 0) is 24.3 Å². The molecule has 0 spiro atoms. The van der Waals surface area contributed by atoms with Crippen molar-refractivity contribution in [1.29, 1.82) is 0 Å². The molecule has 8 nitrogen and oxygen atoms in total. The molecule has 1 aliphatic heterocycles. The zero-order valence-corrected chi connectivity index (χ0v) is 16.0. The number of benzene rings is 1. The quantitative estimate of drug-likeness (QED) is 0.410. The summed E-state index contributed by atoms with van der Waals surface area (Å²) in [6.45, 7) is 4.25. The van der Waals surface area contributed by atoms with Crippen LogP contribution in [0.5, 0.6) is 0 Å². The largest absolute Gasteiger partial charge is 0.481 e. The monoisotopic (exact) mass is 392 g/mol. The molecule has 0 bridgehead atoms. The minimum atomic E-state index is -1.20. The maximum absolute atomic E-state index is 13.1. The molecule has 1 N–H and O–H groups in total. The number of aliphatic carboxylic acids is 1. The minimum absolute atomic E-state index is 0.0224. The van der Waals surface area contributed by atoms with Gasteiger partial charge in [-0.3, -0.25) is 24.5 Å². The molecule has 27 heavy (non-hydrogen) atoms. The summed E-state index contributed by atoms with van der Waals surface area (Å²) in [5.74, 6) is -1.99. The van der Waals surface area contributed by atoms with Gasteiger partial charge in [-0.25, -0.2) is 0 Å². The third kappa shape index (κ3) is 4.36. The molecule has 1 aliphatic rings. The third-order valence-corrected chi connectivity index (χ3v) is 5.01. The van der Waals surface area contributed by atoms with Gasteiger partial charge in [0, 0.05) is 35.4 Å². The fourth-order valence-corrected chi connectivity index (χ4v) is 3.90. The first-order valence-corrected chi connectivity index (χ1v) is 9.53. The Morgan fingerprint density at radius 2 is 1.89 bits per heavy atom. The Hall–Kier alpha value is -2.68. The van der Waals surface area contributed by atoms with Gasteiger partial charge in [0.05, 0.1) is 11.3 Å². The van der Waals surface area contributed by atoms with Crippen molar-refractivity contribution in [3.05, 3.63) is 51.1 Å². The van der Waals surface area contributed by atoms with Crippen molar-refractivity contribution in [2.75, 3.05) is 12.8 Å². The first-order chi connectivity index (χ1) is 12.7. The molecule has 1 heterocycles. The minimum Gasteiger partial charge on any atom is -0.481 e. The molecule has 1 amide bonds. The second-order valence-corrected chi connectivity index (χ2v) is 7.45. The lowest BCUT2D eigenvalue weighted by Gasteiger charge is -2.27. The molecule has 0 aliphatic carbocycles. The van der Waals surface area contributed by atoms with Crippen molar-refractivity contribution in [2.45, 2.75) is 25.6 Å². The average molecular weight is 392 g/mol. The average Bonchev–Trinajstić information content (AvgIpc) is 2.85. The maximum Gasteiger partial charge on any atom is 0.308 e. The predicted molar refractivity (Wildman–Crippen MR) is 101 cm³/mol. The number of Topliss-reactive ketones (excluding diaryl/α,β-unsaturated/α-hetero) is 1. The van der Waals surface area contributed by atoms with Crippen molar-refractivity contribution in [1.82, 2.24) is 4.90 Å². The lowest BCUT2D eigenvalue weighted by atomic mass is 9.98. The molecular formula is C18H20N2O6S. The van der Waals surface area contributed by atoms with Crippen LogP contribution in [0.25, 0.3) is 0 Å². The Morgan fingerprint density at radius 3 is 2.33 bits per heavy atom. The van der Waals surface area contributed by atoms with E-state index >= 15 is 0 Å². The molecule has 0 fully saturated rings. The summed E-state index contributed by atoms with van der Waals surface area (Å²) in [5, 5.41) is 19.4. The summed E-state index contributed by atoms with van der Waals surface area (Å²) in [5.41, 5.74) is 0.142. The number of hydrogen-bond donors (Lipinski definition) is 1. The molecule has 0 aromatic heterocycles. The fourth-order valence-electron chi connectivity index (χ4n) is 2.98. The van der Waals surface area contributed by atoms with Crippen molar-refractivity contribution >= 4 is 35.1 Å². The summed E-state index contributed by atoms with van der Waals surface area (Å²) < 4.78 is 0. The number of carbonyl (C=O) groups is 3. The molecule has 1 aromatic rings. The molecule has 144 valence electrons. The highest BCUT2D eigenvalue weighted by Gasteiger charge is 2.42. The van der Waals surface area contributed by atoms with E-state index in [4.69, 9.17) is 0 Å². The first-order valence-electron chi connectivity index (χ1n) is 8.25. The topological polar surface area (TPSA) is 118 Å². The van der Waals surface area contributed by atoms with Crippen LogP contribution in [-0.4, -0.2) is 50.8 Å². The van der Waals surface area contributed by atoms with Crippen LogP contribution in [-0.2, 0) is 9.59 Å². The van der Waals surface area contributed by atoms with Crippen LogP contribution in [0, 0.1) is 16.0 Å². The van der Waals surface area contributed by atoms with Crippen molar-refractivity contribution in [3.8, 4) is 0 Å². The number of nitrogens with zero attached hydrogens (tertiary/aromatic N) is 2. The molecule has 1 unspecified atom stereocenters. The molecule has 0 saturated carbocycles. The number of thioether (sulfide) groups is 1. The number of non-ortho nitro benzene ring substituents is 1. The van der Waals surface area contributed by atoms with E-state index in [0.717, 1.165) is 0 Å². The number of nitro benzene ring substituents is 1. The summed E-state index contributed by atoms with van der Waals surface area (Å²) in [6.07, 6.45) is 1.20. The highest BCUT2D eigenvalue weighted by Crippen LogP contribution is 2.36. The second kappa shape index (κ2) is 8.34. The van der Waals surface area contributed by atoms with Crippen molar-refractivity contribution < 1.29 is 24.4 Å². The van der Waals surface area contributed by atoms with Gasteiger partial charge in [0.15, 0.2) is 5.78 Å². The lowest BCUT2D eigenvalue weighted by molar-refractivity contribution is -0.384. The smallest absolute Gasteiger partial charge is 0.308 e. The van der Waals surface area contributed by atoms with Crippen LogP contribution < -0.4 is 0 Å². The molecule has 1 atom stereocenters. The van der Waals surface area contributed by atoms with Crippen molar-refractivity contribution in [3.63, 3.8) is 0 Å². The van der Waals surface area contributed by atoms with E-state index in [1.165, 1.54) is 40.9 Å². The van der Waals surface area contributed by atoms with Crippen LogP contribution >= 0.6 is 11.8 Å². The van der Waals surface area contributed by atoms with Gasteiger partial charge in [0.25, 0.3) is 11.6 Å². The fraction of sp³-hybridized carbons (Fsp3) is 0.389. The Morgan fingerprint density at radius 1 is 1.30 bits per heavy atom. The van der Waals surface area contributed by atoms with Crippen molar-refractivity contribution in [2.24, 2.45) is 5.92 Å².